The summed E-state index contributed by atoms with van der Waals surface area (Å²) in [4.78, 5) is 19.4. The van der Waals surface area contributed by atoms with Crippen LogP contribution in [0.2, 0.25) is 0 Å². The minimum atomic E-state index is -0.529. The van der Waals surface area contributed by atoms with Crippen molar-refractivity contribution in [3.63, 3.8) is 0 Å². The van der Waals surface area contributed by atoms with Crippen LogP contribution >= 0.6 is 0 Å². The number of nitrogens with two attached hydrogens (primary N) is 1. The van der Waals surface area contributed by atoms with Crippen LogP contribution in [0.15, 0.2) is 12.4 Å². The molecule has 1 amide bonds. The molecule has 1 aromatic heterocycles. The lowest BCUT2D eigenvalue weighted by molar-refractivity contribution is 0.0995. The van der Waals surface area contributed by atoms with E-state index in [1.54, 1.807) is 6.20 Å². The molecule has 2 aliphatic carbocycles. The molecule has 3 N–H and O–H groups in total. The maximum atomic E-state index is 11.1. The zero-order valence-corrected chi connectivity index (χ0v) is 11.1. The third-order valence-corrected chi connectivity index (χ3v) is 4.44. The summed E-state index contributed by atoms with van der Waals surface area (Å²) >= 11 is 0. The summed E-state index contributed by atoms with van der Waals surface area (Å²) in [6.07, 6.45) is 12.1. The molecule has 0 unspecified atom stereocenters. The average Bonchev–Trinajstić information content (AvgIpc) is 3.21. The van der Waals surface area contributed by atoms with Gasteiger partial charge < -0.3 is 11.1 Å². The molecule has 0 spiro atoms. The van der Waals surface area contributed by atoms with Crippen molar-refractivity contribution in [2.45, 2.75) is 50.5 Å². The number of carbonyl (C=O) groups is 1. The first-order valence-electron chi connectivity index (χ1n) is 7.10. The molecule has 5 nitrogen and oxygen atoms in total. The standard InChI is InChI=1S/C14H20N4O/c15-13(19)11-8-16-9-12(17-11)18-14(6-7-14)10-4-2-1-3-5-10/h8-10H,1-7H2,(H2,15,19)(H,17,18). The van der Waals surface area contributed by atoms with E-state index < -0.39 is 5.91 Å². The molecule has 2 fully saturated rings. The molecule has 3 rings (SSSR count). The van der Waals surface area contributed by atoms with Crippen LogP contribution in [0.5, 0.6) is 0 Å². The number of primary amides is 1. The van der Waals surface area contributed by atoms with E-state index in [-0.39, 0.29) is 11.2 Å². The third-order valence-electron chi connectivity index (χ3n) is 4.44. The number of hydrogen-bond acceptors (Lipinski definition) is 4. The van der Waals surface area contributed by atoms with E-state index in [0.29, 0.717) is 5.82 Å². The molecule has 0 radical (unpaired) electrons. The van der Waals surface area contributed by atoms with E-state index in [2.05, 4.69) is 15.3 Å². The summed E-state index contributed by atoms with van der Waals surface area (Å²) in [5, 5.41) is 3.51. The van der Waals surface area contributed by atoms with Gasteiger partial charge in [0.05, 0.1) is 12.4 Å². The fraction of sp³-hybridized carbons (Fsp3) is 0.643. The van der Waals surface area contributed by atoms with Crippen molar-refractivity contribution in [3.05, 3.63) is 18.1 Å². The number of rotatable bonds is 4. The maximum absolute atomic E-state index is 11.1. The van der Waals surface area contributed by atoms with E-state index in [1.165, 1.54) is 51.1 Å². The predicted molar refractivity (Wildman–Crippen MR) is 72.7 cm³/mol. The van der Waals surface area contributed by atoms with Crippen LogP contribution in [0.3, 0.4) is 0 Å². The number of nitrogens with zero attached hydrogens (tertiary/aromatic N) is 2. The van der Waals surface area contributed by atoms with E-state index in [0.717, 1.165) is 5.92 Å². The van der Waals surface area contributed by atoms with Gasteiger partial charge in [-0.15, -0.1) is 0 Å². The van der Waals surface area contributed by atoms with E-state index >= 15 is 0 Å². The SMILES string of the molecule is NC(=O)c1cncc(NC2(C3CCCCC3)CC2)n1. The van der Waals surface area contributed by atoms with Gasteiger partial charge in [-0.2, -0.15) is 0 Å². The zero-order valence-electron chi connectivity index (χ0n) is 11.1. The van der Waals surface area contributed by atoms with Crippen molar-refractivity contribution in [1.29, 1.82) is 0 Å². The van der Waals surface area contributed by atoms with Crippen molar-refractivity contribution < 1.29 is 4.79 Å². The molecule has 0 aliphatic heterocycles. The van der Waals surface area contributed by atoms with Crippen LogP contribution in [0.1, 0.15) is 55.4 Å². The Kier molecular flexibility index (Phi) is 3.12. The first kappa shape index (κ1) is 12.4. The van der Waals surface area contributed by atoms with Gasteiger partial charge in [-0.05, 0) is 31.6 Å². The van der Waals surface area contributed by atoms with E-state index in [1.807, 2.05) is 0 Å². The third kappa shape index (κ3) is 2.55. The highest BCUT2D eigenvalue weighted by molar-refractivity contribution is 5.90. The first-order chi connectivity index (χ1) is 9.20. The monoisotopic (exact) mass is 260 g/mol. The topological polar surface area (TPSA) is 80.9 Å². The summed E-state index contributed by atoms with van der Waals surface area (Å²) < 4.78 is 0. The molecule has 5 heteroatoms. The van der Waals surface area contributed by atoms with Gasteiger partial charge >= 0.3 is 0 Å². The highest BCUT2D eigenvalue weighted by Gasteiger charge is 2.49. The van der Waals surface area contributed by atoms with Gasteiger partial charge in [-0.1, -0.05) is 19.3 Å². The summed E-state index contributed by atoms with van der Waals surface area (Å²) in [5.74, 6) is 0.887. The van der Waals surface area contributed by atoms with E-state index in [9.17, 15) is 4.79 Å². The fourth-order valence-corrected chi connectivity index (χ4v) is 3.23. The molecule has 0 saturated heterocycles. The maximum Gasteiger partial charge on any atom is 0.268 e. The van der Waals surface area contributed by atoms with Crippen molar-refractivity contribution in [3.8, 4) is 0 Å². The lowest BCUT2D eigenvalue weighted by atomic mass is 9.82. The summed E-state index contributed by atoms with van der Waals surface area (Å²) in [7, 11) is 0. The molecule has 0 aromatic carbocycles. The quantitative estimate of drug-likeness (QED) is 0.868. The van der Waals surface area contributed by atoms with Crippen molar-refractivity contribution >= 4 is 11.7 Å². The van der Waals surface area contributed by atoms with Crippen LogP contribution in [-0.4, -0.2) is 21.4 Å². The molecule has 0 atom stereocenters. The van der Waals surface area contributed by atoms with Gasteiger partial charge in [-0.25, -0.2) is 4.98 Å². The number of carbonyl (C=O) groups excluding carboxylic acids is 1. The molecule has 0 bridgehead atoms. The molecule has 1 heterocycles. The Bertz CT molecular complexity index is 478. The van der Waals surface area contributed by atoms with Gasteiger partial charge in [-0.3, -0.25) is 9.78 Å². The van der Waals surface area contributed by atoms with Crippen molar-refractivity contribution in [1.82, 2.24) is 9.97 Å². The molecule has 1 aromatic rings. The Morgan fingerprint density at radius 3 is 2.63 bits per heavy atom. The van der Waals surface area contributed by atoms with Gasteiger partial charge in [0.25, 0.3) is 5.91 Å². The van der Waals surface area contributed by atoms with Crippen molar-refractivity contribution in [2.75, 3.05) is 5.32 Å². The Morgan fingerprint density at radius 1 is 1.26 bits per heavy atom. The lowest BCUT2D eigenvalue weighted by Crippen LogP contribution is -2.33. The number of anilines is 1. The average molecular weight is 260 g/mol. The highest BCUT2D eigenvalue weighted by Crippen LogP contribution is 2.50. The Hall–Kier alpha value is -1.65. The fourth-order valence-electron chi connectivity index (χ4n) is 3.23. The Balaban J connectivity index is 1.73. The van der Waals surface area contributed by atoms with Gasteiger partial charge in [0, 0.05) is 5.54 Å². The molecule has 19 heavy (non-hydrogen) atoms. The highest BCUT2D eigenvalue weighted by atomic mass is 16.1. The molecule has 2 saturated carbocycles. The number of nitrogens with one attached hydrogen (secondary N) is 1. The van der Waals surface area contributed by atoms with Crippen LogP contribution in [0.4, 0.5) is 5.82 Å². The number of hydrogen-bond donors (Lipinski definition) is 2. The first-order valence-corrected chi connectivity index (χ1v) is 7.10. The predicted octanol–water partition coefficient (Wildman–Crippen LogP) is 2.10. The molecule has 2 aliphatic rings. The smallest absolute Gasteiger partial charge is 0.268 e. The Morgan fingerprint density at radius 2 is 2.00 bits per heavy atom. The summed E-state index contributed by atoms with van der Waals surface area (Å²) in [6.45, 7) is 0. The minimum Gasteiger partial charge on any atom is -0.364 e. The van der Waals surface area contributed by atoms with Crippen LogP contribution in [0, 0.1) is 5.92 Å². The number of aromatic nitrogens is 2. The largest absolute Gasteiger partial charge is 0.364 e. The normalized spacial score (nSPS) is 21.9. The summed E-state index contributed by atoms with van der Waals surface area (Å²) in [6, 6.07) is 0. The van der Waals surface area contributed by atoms with E-state index in [4.69, 9.17) is 5.73 Å². The van der Waals surface area contributed by atoms with Crippen LogP contribution < -0.4 is 11.1 Å². The van der Waals surface area contributed by atoms with Crippen LogP contribution in [-0.2, 0) is 0 Å². The molecule has 102 valence electrons. The second-order valence-corrected chi connectivity index (χ2v) is 5.77. The second kappa shape index (κ2) is 4.79. The lowest BCUT2D eigenvalue weighted by Gasteiger charge is -2.31. The Labute approximate surface area is 113 Å². The second-order valence-electron chi connectivity index (χ2n) is 5.77. The van der Waals surface area contributed by atoms with Crippen LogP contribution in [0.25, 0.3) is 0 Å². The number of amides is 1. The minimum absolute atomic E-state index is 0.200. The molecular weight excluding hydrogens is 240 g/mol. The summed E-state index contributed by atoms with van der Waals surface area (Å²) in [5.41, 5.74) is 5.66. The van der Waals surface area contributed by atoms with Gasteiger partial charge in [0.2, 0.25) is 0 Å². The molecular formula is C14H20N4O. The van der Waals surface area contributed by atoms with Crippen molar-refractivity contribution in [2.24, 2.45) is 11.7 Å². The van der Waals surface area contributed by atoms with Gasteiger partial charge in [0.15, 0.2) is 0 Å². The van der Waals surface area contributed by atoms with Gasteiger partial charge in [0.1, 0.15) is 11.5 Å². The zero-order chi connectivity index (χ0) is 13.3.